The minimum atomic E-state index is -0.524. The highest BCUT2D eigenvalue weighted by Gasteiger charge is 2.45. The van der Waals surface area contributed by atoms with Gasteiger partial charge < -0.3 is 18.8 Å². The number of hydrogen-bond donors (Lipinski definition) is 0. The zero-order chi connectivity index (χ0) is 22.8. The average Bonchev–Trinajstić information content (AvgIpc) is 3.18. The first kappa shape index (κ1) is 22.1. The number of carbonyl (C=O) groups excluding carboxylic acids is 1. The number of carbonyl (C=O) groups is 1. The molecule has 2 aliphatic rings. The molecule has 2 aliphatic heterocycles. The summed E-state index contributed by atoms with van der Waals surface area (Å²) in [5, 5.41) is 0. The topological polar surface area (TPSA) is 56.1 Å². The van der Waals surface area contributed by atoms with Crippen LogP contribution in [0.3, 0.4) is 0 Å². The lowest BCUT2D eigenvalue weighted by Gasteiger charge is -2.40. The normalized spacial score (nSPS) is 21.2. The van der Waals surface area contributed by atoms with Crippen molar-refractivity contribution in [2.24, 2.45) is 5.92 Å². The van der Waals surface area contributed by atoms with E-state index in [1.54, 1.807) is 0 Å². The molecule has 6 nitrogen and oxygen atoms in total. The number of ether oxygens (including phenoxy) is 2. The lowest BCUT2D eigenvalue weighted by atomic mass is 9.72. The van der Waals surface area contributed by atoms with Crippen molar-refractivity contribution in [1.82, 2.24) is 14.3 Å². The van der Waals surface area contributed by atoms with Crippen molar-refractivity contribution in [3.63, 3.8) is 0 Å². The fraction of sp³-hybridized carbons (Fsp3) is 0.481. The van der Waals surface area contributed by atoms with Crippen LogP contribution in [-0.2, 0) is 26.1 Å². The van der Waals surface area contributed by atoms with Gasteiger partial charge in [0, 0.05) is 50.8 Å². The molecule has 2 aromatic heterocycles. The molecular formula is C27H33N3O3. The molecule has 0 aliphatic carbocycles. The summed E-state index contributed by atoms with van der Waals surface area (Å²) in [6.07, 6.45) is 8.09. The summed E-state index contributed by atoms with van der Waals surface area (Å²) in [5.41, 5.74) is 5.19. The van der Waals surface area contributed by atoms with Gasteiger partial charge in [-0.05, 0) is 50.8 Å². The first-order valence-corrected chi connectivity index (χ1v) is 12.0. The number of benzene rings is 1. The molecule has 6 heteroatoms. The molecule has 2 fully saturated rings. The van der Waals surface area contributed by atoms with Gasteiger partial charge in [0.2, 0.25) is 5.91 Å². The van der Waals surface area contributed by atoms with Gasteiger partial charge >= 0.3 is 0 Å². The van der Waals surface area contributed by atoms with E-state index in [-0.39, 0.29) is 11.8 Å². The van der Waals surface area contributed by atoms with Gasteiger partial charge in [-0.1, -0.05) is 29.3 Å². The van der Waals surface area contributed by atoms with Crippen molar-refractivity contribution in [2.75, 3.05) is 39.5 Å². The van der Waals surface area contributed by atoms with Crippen LogP contribution in [0.15, 0.2) is 48.9 Å². The van der Waals surface area contributed by atoms with Crippen LogP contribution in [0.5, 0.6) is 0 Å². The Bertz CT molecular complexity index is 1110. The summed E-state index contributed by atoms with van der Waals surface area (Å²) >= 11 is 0. The number of rotatable bonds is 4. The summed E-state index contributed by atoms with van der Waals surface area (Å²) < 4.78 is 13.8. The Kier molecular flexibility index (Phi) is 6.21. The average molecular weight is 448 g/mol. The minimum Gasteiger partial charge on any atom is -0.381 e. The molecule has 1 aromatic carbocycles. The fourth-order valence-electron chi connectivity index (χ4n) is 5.55. The molecule has 3 aromatic rings. The quantitative estimate of drug-likeness (QED) is 0.612. The number of amides is 1. The number of nitrogens with zero attached hydrogens (tertiary/aromatic N) is 3. The Hall–Kier alpha value is -2.70. The summed E-state index contributed by atoms with van der Waals surface area (Å²) in [7, 11) is 0. The first-order chi connectivity index (χ1) is 16.0. The zero-order valence-electron chi connectivity index (χ0n) is 19.6. The smallest absolute Gasteiger partial charge is 0.233 e. The van der Waals surface area contributed by atoms with Crippen LogP contribution in [0.4, 0.5) is 0 Å². The van der Waals surface area contributed by atoms with Crippen LogP contribution in [0.2, 0.25) is 0 Å². The Balaban J connectivity index is 1.42. The molecule has 0 bridgehead atoms. The second-order valence-corrected chi connectivity index (χ2v) is 9.64. The molecule has 5 rings (SSSR count). The zero-order valence-corrected chi connectivity index (χ0v) is 19.6. The molecule has 0 spiro atoms. The second kappa shape index (κ2) is 9.27. The molecule has 33 heavy (non-hydrogen) atoms. The maximum atomic E-state index is 14.2. The van der Waals surface area contributed by atoms with Gasteiger partial charge in [0.25, 0.3) is 0 Å². The van der Waals surface area contributed by atoms with E-state index < -0.39 is 5.41 Å². The number of fused-ring (bicyclic) bond motifs is 1. The lowest BCUT2D eigenvalue weighted by molar-refractivity contribution is -0.141. The maximum Gasteiger partial charge on any atom is 0.233 e. The summed E-state index contributed by atoms with van der Waals surface area (Å²) in [4.78, 5) is 20.9. The Morgan fingerprint density at radius 1 is 1.09 bits per heavy atom. The van der Waals surface area contributed by atoms with Gasteiger partial charge in [-0.15, -0.1) is 0 Å². The van der Waals surface area contributed by atoms with Gasteiger partial charge in [0.05, 0.1) is 29.8 Å². The third-order valence-corrected chi connectivity index (χ3v) is 7.17. The van der Waals surface area contributed by atoms with Crippen molar-refractivity contribution in [3.8, 4) is 0 Å². The third kappa shape index (κ3) is 4.42. The Morgan fingerprint density at radius 3 is 2.67 bits per heavy atom. The molecule has 174 valence electrons. The van der Waals surface area contributed by atoms with Gasteiger partial charge in [-0.25, -0.2) is 0 Å². The number of aromatic nitrogens is 2. The van der Waals surface area contributed by atoms with Crippen molar-refractivity contribution >= 4 is 11.4 Å². The summed E-state index contributed by atoms with van der Waals surface area (Å²) in [5.74, 6) is 0.432. The number of hydrogen-bond acceptors (Lipinski definition) is 4. The van der Waals surface area contributed by atoms with Crippen LogP contribution in [0.25, 0.3) is 5.52 Å². The van der Waals surface area contributed by atoms with Crippen LogP contribution >= 0.6 is 0 Å². The maximum absolute atomic E-state index is 14.2. The Morgan fingerprint density at radius 2 is 1.88 bits per heavy atom. The van der Waals surface area contributed by atoms with E-state index in [2.05, 4.69) is 52.4 Å². The van der Waals surface area contributed by atoms with Gasteiger partial charge in [0.15, 0.2) is 0 Å². The van der Waals surface area contributed by atoms with Crippen LogP contribution in [0.1, 0.15) is 35.2 Å². The Labute approximate surface area is 195 Å². The molecule has 2 saturated heterocycles. The van der Waals surface area contributed by atoms with Gasteiger partial charge in [-0.2, -0.15) is 0 Å². The third-order valence-electron chi connectivity index (χ3n) is 7.17. The molecule has 0 saturated carbocycles. The molecule has 4 heterocycles. The largest absolute Gasteiger partial charge is 0.381 e. The van der Waals surface area contributed by atoms with Gasteiger partial charge in [0.1, 0.15) is 0 Å². The van der Waals surface area contributed by atoms with Crippen LogP contribution in [-0.4, -0.2) is 59.7 Å². The number of aryl methyl sites for hydroxylation is 2. The highest BCUT2D eigenvalue weighted by atomic mass is 16.5. The molecule has 1 atom stereocenters. The van der Waals surface area contributed by atoms with Crippen molar-refractivity contribution in [1.29, 1.82) is 0 Å². The van der Waals surface area contributed by atoms with E-state index in [1.165, 1.54) is 11.1 Å². The molecular weight excluding hydrogens is 414 g/mol. The molecule has 0 unspecified atom stereocenters. The van der Waals surface area contributed by atoms with Crippen LogP contribution < -0.4 is 0 Å². The monoisotopic (exact) mass is 447 g/mol. The van der Waals surface area contributed by atoms with E-state index in [9.17, 15) is 4.79 Å². The first-order valence-electron chi connectivity index (χ1n) is 12.0. The molecule has 0 radical (unpaired) electrons. The summed E-state index contributed by atoms with van der Waals surface area (Å²) in [6, 6.07) is 10.7. The van der Waals surface area contributed by atoms with E-state index >= 15 is 0 Å². The van der Waals surface area contributed by atoms with Crippen molar-refractivity contribution in [3.05, 3.63) is 71.3 Å². The van der Waals surface area contributed by atoms with Crippen LogP contribution in [0, 0.1) is 19.8 Å². The van der Waals surface area contributed by atoms with Crippen molar-refractivity contribution in [2.45, 2.75) is 38.5 Å². The second-order valence-electron chi connectivity index (χ2n) is 9.64. The highest BCUT2D eigenvalue weighted by Crippen LogP contribution is 2.38. The minimum absolute atomic E-state index is 0.209. The van der Waals surface area contributed by atoms with E-state index in [0.717, 1.165) is 36.0 Å². The van der Waals surface area contributed by atoms with Crippen molar-refractivity contribution < 1.29 is 14.3 Å². The predicted octanol–water partition coefficient (Wildman–Crippen LogP) is 3.72. The van der Waals surface area contributed by atoms with Gasteiger partial charge in [-0.3, -0.25) is 9.78 Å². The van der Waals surface area contributed by atoms with E-state index in [4.69, 9.17) is 9.47 Å². The predicted molar refractivity (Wildman–Crippen MR) is 127 cm³/mol. The fourth-order valence-corrected chi connectivity index (χ4v) is 5.55. The van der Waals surface area contributed by atoms with E-state index in [0.29, 0.717) is 39.5 Å². The standard InChI is InChI=1S/C27H33N3O3/c1-20-14-21(2)16-23(15-20)27(5-11-32-12-6-27)26(31)30-10-13-33-19-22(18-30)17-24-25-4-3-8-29(25)9-7-28-24/h3-4,7-9,14-16,22H,5-6,10-13,17-19H2,1-2H3/t22-/m1/s1. The SMILES string of the molecule is Cc1cc(C)cc(C2(C(=O)N3CCOC[C@H](Cc4nccn5cccc45)C3)CCOCC2)c1. The lowest BCUT2D eigenvalue weighted by Crippen LogP contribution is -2.51. The highest BCUT2D eigenvalue weighted by molar-refractivity contribution is 5.88. The molecule has 0 N–H and O–H groups in total. The van der Waals surface area contributed by atoms with E-state index in [1.807, 2.05) is 24.7 Å². The molecule has 1 amide bonds. The summed E-state index contributed by atoms with van der Waals surface area (Å²) in [6.45, 7) is 8.00.